The second-order valence-corrected chi connectivity index (χ2v) is 8.61. The lowest BCUT2D eigenvalue weighted by Gasteiger charge is -2.12. The van der Waals surface area contributed by atoms with Gasteiger partial charge in [-0.15, -0.1) is 0 Å². The third-order valence-corrected chi connectivity index (χ3v) is 5.42. The van der Waals surface area contributed by atoms with Crippen LogP contribution < -0.4 is 15.4 Å². The maximum atomic E-state index is 11.5. The summed E-state index contributed by atoms with van der Waals surface area (Å²) >= 11 is 0. The molecule has 0 atom stereocenters. The molecule has 2 aromatic carbocycles. The van der Waals surface area contributed by atoms with E-state index >= 15 is 0 Å². The van der Waals surface area contributed by atoms with Gasteiger partial charge < -0.3 is 15.4 Å². The topological polar surface area (TPSA) is 79.8 Å². The van der Waals surface area contributed by atoms with Crippen LogP contribution in [0.15, 0.2) is 52.4 Å². The van der Waals surface area contributed by atoms with E-state index in [1.807, 2.05) is 13.8 Å². The molecule has 0 saturated carbocycles. The molecule has 0 heterocycles. The van der Waals surface area contributed by atoms with Crippen molar-refractivity contribution in [1.82, 2.24) is 10.6 Å². The normalized spacial score (nSPS) is 11.9. The van der Waals surface area contributed by atoms with Gasteiger partial charge in [-0.1, -0.05) is 24.3 Å². The molecule has 0 spiro atoms. The maximum absolute atomic E-state index is 11.5. The fourth-order valence-corrected chi connectivity index (χ4v) is 3.33. The van der Waals surface area contributed by atoms with Gasteiger partial charge in [0.25, 0.3) is 0 Å². The first-order valence-electron chi connectivity index (χ1n) is 9.28. The number of guanidine groups is 1. The molecule has 0 fully saturated rings. The van der Waals surface area contributed by atoms with Crippen molar-refractivity contribution in [3.8, 4) is 5.75 Å². The standard InChI is InChI=1S/C21H29N3O3S/c1-5-22-21(23-13-12-17-7-6-16(2)20(14-17)27-3)24-15-18-8-10-19(11-9-18)28(4,25)26/h6-11,14H,5,12-13,15H2,1-4H3,(H2,22,23,24). The number of aryl methyl sites for hydroxylation is 1. The van der Waals surface area contributed by atoms with Crippen molar-refractivity contribution in [1.29, 1.82) is 0 Å². The lowest BCUT2D eigenvalue weighted by molar-refractivity contribution is 0.411. The van der Waals surface area contributed by atoms with Gasteiger partial charge in [0.05, 0.1) is 18.6 Å². The van der Waals surface area contributed by atoms with Crippen molar-refractivity contribution in [3.05, 3.63) is 59.2 Å². The van der Waals surface area contributed by atoms with Crippen LogP contribution in [0.25, 0.3) is 0 Å². The SMILES string of the molecule is CCNC(=NCc1ccc(S(C)(=O)=O)cc1)NCCc1ccc(C)c(OC)c1. The number of aliphatic imine (C=N–C) groups is 1. The molecule has 0 radical (unpaired) electrons. The van der Waals surface area contributed by atoms with Gasteiger partial charge >= 0.3 is 0 Å². The third kappa shape index (κ3) is 6.56. The van der Waals surface area contributed by atoms with Crippen molar-refractivity contribution < 1.29 is 13.2 Å². The molecule has 0 saturated heterocycles. The molecule has 0 aromatic heterocycles. The van der Waals surface area contributed by atoms with Crippen LogP contribution in [-0.2, 0) is 22.8 Å². The van der Waals surface area contributed by atoms with Crippen LogP contribution >= 0.6 is 0 Å². The van der Waals surface area contributed by atoms with Crippen LogP contribution in [0, 0.1) is 6.92 Å². The fourth-order valence-electron chi connectivity index (χ4n) is 2.70. The molecular weight excluding hydrogens is 374 g/mol. The Kier molecular flexibility index (Phi) is 7.87. The van der Waals surface area contributed by atoms with Crippen LogP contribution in [0.2, 0.25) is 0 Å². The zero-order valence-electron chi connectivity index (χ0n) is 17.0. The summed E-state index contributed by atoms with van der Waals surface area (Å²) in [6.45, 7) is 6.02. The van der Waals surface area contributed by atoms with E-state index in [0.29, 0.717) is 11.4 Å². The van der Waals surface area contributed by atoms with E-state index in [0.717, 1.165) is 42.3 Å². The summed E-state index contributed by atoms with van der Waals surface area (Å²) in [5.74, 6) is 1.63. The number of benzene rings is 2. The molecule has 152 valence electrons. The van der Waals surface area contributed by atoms with E-state index < -0.39 is 9.84 Å². The summed E-state index contributed by atoms with van der Waals surface area (Å²) in [4.78, 5) is 4.89. The van der Waals surface area contributed by atoms with Crippen LogP contribution in [0.1, 0.15) is 23.6 Å². The molecular formula is C21H29N3O3S. The lowest BCUT2D eigenvalue weighted by atomic mass is 10.1. The Bertz CT molecular complexity index is 907. The zero-order valence-corrected chi connectivity index (χ0v) is 17.8. The van der Waals surface area contributed by atoms with Crippen molar-refractivity contribution in [2.24, 2.45) is 4.99 Å². The molecule has 0 aliphatic rings. The van der Waals surface area contributed by atoms with E-state index in [-0.39, 0.29) is 0 Å². The van der Waals surface area contributed by atoms with E-state index in [1.165, 1.54) is 11.8 Å². The highest BCUT2D eigenvalue weighted by Crippen LogP contribution is 2.19. The summed E-state index contributed by atoms with van der Waals surface area (Å²) < 4.78 is 28.4. The minimum atomic E-state index is -3.18. The Hall–Kier alpha value is -2.54. The Morgan fingerprint density at radius 2 is 1.75 bits per heavy atom. The molecule has 0 aliphatic heterocycles. The van der Waals surface area contributed by atoms with Gasteiger partial charge in [-0.2, -0.15) is 0 Å². The quantitative estimate of drug-likeness (QED) is 0.523. The van der Waals surface area contributed by atoms with Crippen molar-refractivity contribution in [2.45, 2.75) is 31.7 Å². The van der Waals surface area contributed by atoms with Crippen molar-refractivity contribution in [2.75, 3.05) is 26.5 Å². The molecule has 2 N–H and O–H groups in total. The van der Waals surface area contributed by atoms with E-state index in [4.69, 9.17) is 4.74 Å². The van der Waals surface area contributed by atoms with Crippen LogP contribution in [0.4, 0.5) is 0 Å². The van der Waals surface area contributed by atoms with Gasteiger partial charge in [-0.3, -0.25) is 0 Å². The van der Waals surface area contributed by atoms with Gasteiger partial charge in [0.1, 0.15) is 5.75 Å². The van der Waals surface area contributed by atoms with E-state index in [2.05, 4.69) is 33.8 Å². The Morgan fingerprint density at radius 3 is 2.36 bits per heavy atom. The van der Waals surface area contributed by atoms with Gasteiger partial charge in [-0.25, -0.2) is 13.4 Å². The molecule has 28 heavy (non-hydrogen) atoms. The summed E-state index contributed by atoms with van der Waals surface area (Å²) in [6.07, 6.45) is 2.06. The molecule has 0 bridgehead atoms. The molecule has 6 nitrogen and oxygen atoms in total. The Labute approximate surface area is 168 Å². The lowest BCUT2D eigenvalue weighted by Crippen LogP contribution is -2.38. The third-order valence-electron chi connectivity index (χ3n) is 4.29. The second kappa shape index (κ2) is 10.1. The largest absolute Gasteiger partial charge is 0.496 e. The van der Waals surface area contributed by atoms with Gasteiger partial charge in [0.15, 0.2) is 15.8 Å². The monoisotopic (exact) mass is 403 g/mol. The summed E-state index contributed by atoms with van der Waals surface area (Å²) in [7, 11) is -1.49. The number of sulfone groups is 1. The van der Waals surface area contributed by atoms with Gasteiger partial charge in [0, 0.05) is 19.3 Å². The zero-order chi connectivity index (χ0) is 20.6. The maximum Gasteiger partial charge on any atom is 0.191 e. The fraction of sp³-hybridized carbons (Fsp3) is 0.381. The average molecular weight is 404 g/mol. The summed E-state index contributed by atoms with van der Waals surface area (Å²) in [6, 6.07) is 13.0. The van der Waals surface area contributed by atoms with Crippen molar-refractivity contribution >= 4 is 15.8 Å². The van der Waals surface area contributed by atoms with Crippen molar-refractivity contribution in [3.63, 3.8) is 0 Å². The first-order valence-corrected chi connectivity index (χ1v) is 11.2. The molecule has 0 unspecified atom stereocenters. The number of nitrogens with one attached hydrogen (secondary N) is 2. The number of rotatable bonds is 8. The number of hydrogen-bond donors (Lipinski definition) is 2. The number of hydrogen-bond acceptors (Lipinski definition) is 4. The van der Waals surface area contributed by atoms with Crippen LogP contribution in [-0.4, -0.2) is 40.8 Å². The highest BCUT2D eigenvalue weighted by molar-refractivity contribution is 7.90. The minimum absolute atomic E-state index is 0.318. The van der Waals surface area contributed by atoms with Crippen LogP contribution in [0.5, 0.6) is 5.75 Å². The smallest absolute Gasteiger partial charge is 0.191 e. The van der Waals surface area contributed by atoms with E-state index in [1.54, 1.807) is 31.4 Å². The summed E-state index contributed by atoms with van der Waals surface area (Å²) in [5.41, 5.74) is 3.27. The first-order chi connectivity index (χ1) is 13.3. The van der Waals surface area contributed by atoms with Crippen LogP contribution in [0.3, 0.4) is 0 Å². The highest BCUT2D eigenvalue weighted by atomic mass is 32.2. The minimum Gasteiger partial charge on any atom is -0.496 e. The molecule has 0 amide bonds. The Balaban J connectivity index is 1.95. The highest BCUT2D eigenvalue weighted by Gasteiger charge is 2.06. The van der Waals surface area contributed by atoms with E-state index in [9.17, 15) is 8.42 Å². The number of ether oxygens (including phenoxy) is 1. The number of nitrogens with zero attached hydrogens (tertiary/aromatic N) is 1. The van der Waals surface area contributed by atoms with Gasteiger partial charge in [0.2, 0.25) is 0 Å². The molecule has 7 heteroatoms. The molecule has 2 rings (SSSR count). The average Bonchev–Trinajstić information content (AvgIpc) is 2.67. The molecule has 0 aliphatic carbocycles. The number of methoxy groups -OCH3 is 1. The van der Waals surface area contributed by atoms with Gasteiger partial charge in [-0.05, 0) is 55.2 Å². The summed E-state index contributed by atoms with van der Waals surface area (Å²) in [5, 5.41) is 6.55. The Morgan fingerprint density at radius 1 is 1.07 bits per heavy atom. The second-order valence-electron chi connectivity index (χ2n) is 6.59. The molecule has 2 aromatic rings. The first kappa shape index (κ1) is 21.8. The predicted octanol–water partition coefficient (Wildman–Crippen LogP) is 2.70. The predicted molar refractivity (Wildman–Crippen MR) is 114 cm³/mol.